The topological polar surface area (TPSA) is 22.8 Å². The van der Waals surface area contributed by atoms with Crippen molar-refractivity contribution in [2.75, 3.05) is 7.11 Å². The molecular weight excluding hydrogens is 250 g/mol. The molecule has 1 unspecified atom stereocenters. The fraction of sp³-hybridized carbons (Fsp3) is 0.235. The second-order valence-electron chi connectivity index (χ2n) is 4.49. The van der Waals surface area contributed by atoms with E-state index in [0.29, 0.717) is 18.1 Å². The molecule has 0 heterocycles. The van der Waals surface area contributed by atoms with Crippen LogP contribution < -0.4 is 9.47 Å². The highest BCUT2D eigenvalue weighted by molar-refractivity contribution is 5.44. The highest BCUT2D eigenvalue weighted by Gasteiger charge is 2.13. The first-order chi connectivity index (χ1) is 9.74. The third kappa shape index (κ3) is 3.30. The van der Waals surface area contributed by atoms with E-state index in [1.807, 2.05) is 55.5 Å². The number of nitrogens with zero attached hydrogens (tertiary/aromatic N) is 1. The number of methoxy groups -OCH3 is 1. The molecule has 2 rings (SSSR count). The SMILES string of the molecule is [C-]#[N+]C(C)c1ccc(OCc2ccccc2)c(OC)c1. The average Bonchev–Trinajstić information content (AvgIpc) is 2.53. The molecule has 0 fully saturated rings. The summed E-state index contributed by atoms with van der Waals surface area (Å²) in [4.78, 5) is 3.51. The number of hydrogen-bond donors (Lipinski definition) is 0. The molecule has 3 heteroatoms. The molecule has 102 valence electrons. The van der Waals surface area contributed by atoms with E-state index in [-0.39, 0.29) is 6.04 Å². The molecule has 0 amide bonds. The van der Waals surface area contributed by atoms with Crippen LogP contribution in [0.25, 0.3) is 4.85 Å². The van der Waals surface area contributed by atoms with Gasteiger partial charge in [0.2, 0.25) is 6.04 Å². The minimum atomic E-state index is -0.174. The maximum Gasteiger partial charge on any atom is 0.246 e. The Labute approximate surface area is 119 Å². The van der Waals surface area contributed by atoms with Gasteiger partial charge in [-0.05, 0) is 23.8 Å². The van der Waals surface area contributed by atoms with Crippen molar-refractivity contribution >= 4 is 0 Å². The van der Waals surface area contributed by atoms with Crippen LogP contribution in [0.1, 0.15) is 24.1 Å². The number of benzene rings is 2. The Kier molecular flexibility index (Phi) is 4.62. The lowest BCUT2D eigenvalue weighted by Gasteiger charge is -2.12. The van der Waals surface area contributed by atoms with Crippen molar-refractivity contribution < 1.29 is 9.47 Å². The summed E-state index contributed by atoms with van der Waals surface area (Å²) in [6.07, 6.45) is 0. The summed E-state index contributed by atoms with van der Waals surface area (Å²) in [5, 5.41) is 0. The fourth-order valence-electron chi connectivity index (χ4n) is 1.87. The quantitative estimate of drug-likeness (QED) is 0.756. The standard InChI is InChI=1S/C17H17NO2/c1-13(18-2)15-9-10-16(17(11-15)19-3)20-12-14-7-5-4-6-8-14/h4-11,13H,12H2,1,3H3. The van der Waals surface area contributed by atoms with E-state index in [1.54, 1.807) is 7.11 Å². The van der Waals surface area contributed by atoms with Gasteiger partial charge in [0, 0.05) is 12.5 Å². The van der Waals surface area contributed by atoms with Crippen LogP contribution in [-0.4, -0.2) is 7.11 Å². The largest absolute Gasteiger partial charge is 0.493 e. The second-order valence-corrected chi connectivity index (χ2v) is 4.49. The van der Waals surface area contributed by atoms with Gasteiger partial charge in [0.1, 0.15) is 6.61 Å². The lowest BCUT2D eigenvalue weighted by Crippen LogP contribution is -1.98. The molecule has 0 aliphatic rings. The van der Waals surface area contributed by atoms with Crippen molar-refractivity contribution in [3.63, 3.8) is 0 Å². The Hall–Kier alpha value is -2.47. The summed E-state index contributed by atoms with van der Waals surface area (Å²) >= 11 is 0. The van der Waals surface area contributed by atoms with E-state index < -0.39 is 0 Å². The molecule has 0 N–H and O–H groups in total. The molecule has 0 aromatic heterocycles. The summed E-state index contributed by atoms with van der Waals surface area (Å²) in [7, 11) is 1.61. The Morgan fingerprint density at radius 1 is 1.10 bits per heavy atom. The molecule has 0 radical (unpaired) electrons. The van der Waals surface area contributed by atoms with Gasteiger partial charge in [-0.2, -0.15) is 0 Å². The Morgan fingerprint density at radius 2 is 1.85 bits per heavy atom. The summed E-state index contributed by atoms with van der Waals surface area (Å²) in [5.74, 6) is 1.35. The lowest BCUT2D eigenvalue weighted by atomic mass is 10.1. The third-order valence-electron chi connectivity index (χ3n) is 3.10. The van der Waals surface area contributed by atoms with E-state index in [1.165, 1.54) is 0 Å². The molecule has 2 aromatic rings. The third-order valence-corrected chi connectivity index (χ3v) is 3.10. The molecule has 1 atom stereocenters. The maximum atomic E-state index is 7.07. The van der Waals surface area contributed by atoms with Gasteiger partial charge in [-0.1, -0.05) is 30.3 Å². The fourth-order valence-corrected chi connectivity index (χ4v) is 1.87. The van der Waals surface area contributed by atoms with Crippen molar-refractivity contribution in [3.8, 4) is 11.5 Å². The van der Waals surface area contributed by atoms with Crippen molar-refractivity contribution in [3.05, 3.63) is 71.1 Å². The molecule has 3 nitrogen and oxygen atoms in total. The molecule has 0 aliphatic carbocycles. The Bertz CT molecular complexity index is 602. The van der Waals surface area contributed by atoms with Crippen LogP contribution in [0.15, 0.2) is 48.5 Å². The van der Waals surface area contributed by atoms with Crippen molar-refractivity contribution in [2.45, 2.75) is 19.6 Å². The van der Waals surface area contributed by atoms with Gasteiger partial charge in [0.05, 0.1) is 7.11 Å². The van der Waals surface area contributed by atoms with E-state index in [2.05, 4.69) is 4.85 Å². The van der Waals surface area contributed by atoms with Crippen LogP contribution in [0.4, 0.5) is 0 Å². The normalized spacial score (nSPS) is 11.4. The zero-order valence-electron chi connectivity index (χ0n) is 11.7. The first kappa shape index (κ1) is 14.0. The highest BCUT2D eigenvalue weighted by Crippen LogP contribution is 2.31. The summed E-state index contributed by atoms with van der Waals surface area (Å²) in [6, 6.07) is 15.4. The van der Waals surface area contributed by atoms with Gasteiger partial charge >= 0.3 is 0 Å². The highest BCUT2D eigenvalue weighted by atomic mass is 16.5. The summed E-state index contributed by atoms with van der Waals surface area (Å²) in [5.41, 5.74) is 2.04. The van der Waals surface area contributed by atoms with Crippen LogP contribution in [0, 0.1) is 6.57 Å². The first-order valence-corrected chi connectivity index (χ1v) is 6.46. The lowest BCUT2D eigenvalue weighted by molar-refractivity contribution is 0.284. The van der Waals surface area contributed by atoms with Crippen LogP contribution in [0.5, 0.6) is 11.5 Å². The predicted molar refractivity (Wildman–Crippen MR) is 78.8 cm³/mol. The van der Waals surface area contributed by atoms with Gasteiger partial charge in [-0.3, -0.25) is 0 Å². The molecular formula is C17H17NO2. The molecule has 0 bridgehead atoms. The number of hydrogen-bond acceptors (Lipinski definition) is 2. The van der Waals surface area contributed by atoms with Crippen LogP contribution >= 0.6 is 0 Å². The van der Waals surface area contributed by atoms with E-state index in [9.17, 15) is 0 Å². The monoisotopic (exact) mass is 267 g/mol. The van der Waals surface area contributed by atoms with Gasteiger partial charge in [0.25, 0.3) is 0 Å². The zero-order chi connectivity index (χ0) is 14.4. The van der Waals surface area contributed by atoms with E-state index >= 15 is 0 Å². The molecule has 0 saturated heterocycles. The molecule has 2 aromatic carbocycles. The molecule has 0 saturated carbocycles. The Balaban J connectivity index is 2.14. The van der Waals surface area contributed by atoms with Gasteiger partial charge in [0.15, 0.2) is 11.5 Å². The summed E-state index contributed by atoms with van der Waals surface area (Å²) in [6.45, 7) is 9.44. The summed E-state index contributed by atoms with van der Waals surface area (Å²) < 4.78 is 11.1. The maximum absolute atomic E-state index is 7.07. The first-order valence-electron chi connectivity index (χ1n) is 6.46. The molecule has 0 aliphatic heterocycles. The Morgan fingerprint density at radius 3 is 2.50 bits per heavy atom. The average molecular weight is 267 g/mol. The van der Waals surface area contributed by atoms with Crippen molar-refractivity contribution in [2.24, 2.45) is 0 Å². The van der Waals surface area contributed by atoms with Crippen molar-refractivity contribution in [1.29, 1.82) is 0 Å². The number of rotatable bonds is 5. The van der Waals surface area contributed by atoms with Gasteiger partial charge in [-0.25, -0.2) is 6.57 Å². The molecule has 0 spiro atoms. The number of ether oxygens (including phenoxy) is 2. The van der Waals surface area contributed by atoms with E-state index in [0.717, 1.165) is 11.1 Å². The van der Waals surface area contributed by atoms with Gasteiger partial charge in [-0.15, -0.1) is 0 Å². The van der Waals surface area contributed by atoms with Crippen LogP contribution in [-0.2, 0) is 6.61 Å². The van der Waals surface area contributed by atoms with Crippen molar-refractivity contribution in [1.82, 2.24) is 0 Å². The van der Waals surface area contributed by atoms with E-state index in [4.69, 9.17) is 16.0 Å². The molecule has 20 heavy (non-hydrogen) atoms. The minimum Gasteiger partial charge on any atom is -0.493 e. The van der Waals surface area contributed by atoms with Crippen LogP contribution in [0.2, 0.25) is 0 Å². The smallest absolute Gasteiger partial charge is 0.246 e. The minimum absolute atomic E-state index is 0.174. The van der Waals surface area contributed by atoms with Crippen LogP contribution in [0.3, 0.4) is 0 Å². The zero-order valence-corrected chi connectivity index (χ0v) is 11.7. The second kappa shape index (κ2) is 6.63. The predicted octanol–water partition coefficient (Wildman–Crippen LogP) is 4.25. The van der Waals surface area contributed by atoms with Gasteiger partial charge < -0.3 is 14.3 Å².